The van der Waals surface area contributed by atoms with Gasteiger partial charge in [0, 0.05) is 21.2 Å². The molecule has 0 bridgehead atoms. The molecule has 0 radical (unpaired) electrons. The average Bonchev–Trinajstić information content (AvgIpc) is 2.43. The number of nitrogens with one attached hydrogen (secondary N) is 1. The first kappa shape index (κ1) is 9.74. The number of methoxy groups -OCH3 is 1. The van der Waals surface area contributed by atoms with Crippen molar-refractivity contribution in [1.82, 2.24) is 10.2 Å². The molecule has 0 atom stereocenters. The predicted molar refractivity (Wildman–Crippen MR) is 58.4 cm³/mol. The van der Waals surface area contributed by atoms with Crippen molar-refractivity contribution in [2.24, 2.45) is 0 Å². The number of aromatic amines is 1. The van der Waals surface area contributed by atoms with E-state index in [0.717, 1.165) is 11.3 Å². The standard InChI is InChI=1S/C7H7IN2OS/c1-5-6(3-4-12-8)7(11-2)10-9-5/h1-2H3,(H,9,10). The molecule has 0 fully saturated rings. The van der Waals surface area contributed by atoms with Gasteiger partial charge in [0.05, 0.1) is 12.8 Å². The fourth-order valence-electron chi connectivity index (χ4n) is 0.772. The van der Waals surface area contributed by atoms with E-state index in [1.54, 1.807) is 7.11 Å². The van der Waals surface area contributed by atoms with Crippen molar-refractivity contribution in [1.29, 1.82) is 0 Å². The van der Waals surface area contributed by atoms with Gasteiger partial charge in [-0.05, 0) is 27.0 Å². The van der Waals surface area contributed by atoms with Crippen LogP contribution in [0.15, 0.2) is 0 Å². The van der Waals surface area contributed by atoms with Gasteiger partial charge >= 0.3 is 0 Å². The number of hydrogen-bond donors (Lipinski definition) is 1. The Balaban J connectivity index is 3.02. The van der Waals surface area contributed by atoms with Crippen LogP contribution < -0.4 is 4.74 Å². The van der Waals surface area contributed by atoms with Gasteiger partial charge in [-0.1, -0.05) is 0 Å². The number of hydrogen-bond acceptors (Lipinski definition) is 3. The van der Waals surface area contributed by atoms with E-state index in [0.29, 0.717) is 5.88 Å². The van der Waals surface area contributed by atoms with Crippen LogP contribution in [0.4, 0.5) is 0 Å². The number of rotatable bonds is 1. The van der Waals surface area contributed by atoms with Crippen molar-refractivity contribution in [3.05, 3.63) is 11.3 Å². The molecule has 1 aromatic heterocycles. The number of H-pyrrole nitrogens is 1. The number of ether oxygens (including phenoxy) is 1. The molecule has 0 aromatic carbocycles. The van der Waals surface area contributed by atoms with Crippen LogP contribution in [0.25, 0.3) is 0 Å². The van der Waals surface area contributed by atoms with Gasteiger partial charge in [-0.3, -0.25) is 5.10 Å². The summed E-state index contributed by atoms with van der Waals surface area (Å²) in [6, 6.07) is 0. The van der Waals surface area contributed by atoms with Crippen molar-refractivity contribution >= 4 is 30.1 Å². The lowest BCUT2D eigenvalue weighted by molar-refractivity contribution is 0.396. The van der Waals surface area contributed by atoms with Gasteiger partial charge in [-0.25, -0.2) is 0 Å². The molecule has 1 rings (SSSR count). The Kier molecular flexibility index (Phi) is 3.75. The third kappa shape index (κ3) is 2.08. The van der Waals surface area contributed by atoms with Crippen LogP contribution >= 0.6 is 30.1 Å². The van der Waals surface area contributed by atoms with E-state index in [-0.39, 0.29) is 0 Å². The molecule has 1 heterocycles. The molecule has 0 spiro atoms. The zero-order chi connectivity index (χ0) is 8.97. The molecule has 0 saturated heterocycles. The summed E-state index contributed by atoms with van der Waals surface area (Å²) in [6.07, 6.45) is 0. The maximum absolute atomic E-state index is 5.01. The summed E-state index contributed by atoms with van der Waals surface area (Å²) in [7, 11) is 3.02. The van der Waals surface area contributed by atoms with Crippen molar-refractivity contribution < 1.29 is 4.74 Å². The number of halogens is 1. The minimum absolute atomic E-state index is 0.561. The highest BCUT2D eigenvalue weighted by Gasteiger charge is 2.06. The van der Waals surface area contributed by atoms with E-state index in [1.807, 2.05) is 6.92 Å². The molecular weight excluding hydrogens is 287 g/mol. The average molecular weight is 294 g/mol. The molecule has 3 nitrogen and oxygen atoms in total. The molecule has 1 N–H and O–H groups in total. The third-order valence-electron chi connectivity index (χ3n) is 1.32. The Labute approximate surface area is 87.2 Å². The number of nitrogens with zero attached hydrogens (tertiary/aromatic N) is 1. The van der Waals surface area contributed by atoms with Crippen LogP contribution in [0, 0.1) is 18.1 Å². The smallest absolute Gasteiger partial charge is 0.248 e. The minimum Gasteiger partial charge on any atom is -0.479 e. The van der Waals surface area contributed by atoms with E-state index in [2.05, 4.69) is 42.6 Å². The quantitative estimate of drug-likeness (QED) is 0.637. The van der Waals surface area contributed by atoms with Gasteiger partial charge in [0.1, 0.15) is 5.56 Å². The van der Waals surface area contributed by atoms with E-state index in [4.69, 9.17) is 4.74 Å². The molecule has 0 saturated carbocycles. The molecule has 0 unspecified atom stereocenters. The Bertz CT molecular complexity index is 326. The predicted octanol–water partition coefficient (Wildman–Crippen LogP) is 2.12. The second-order valence-corrected chi connectivity index (χ2v) is 3.72. The second kappa shape index (κ2) is 4.62. The third-order valence-corrected chi connectivity index (χ3v) is 2.16. The maximum atomic E-state index is 5.01. The van der Waals surface area contributed by atoms with E-state index < -0.39 is 0 Å². The topological polar surface area (TPSA) is 37.9 Å². The lowest BCUT2D eigenvalue weighted by atomic mass is 10.3. The maximum Gasteiger partial charge on any atom is 0.248 e. The fraction of sp³-hybridized carbons (Fsp3) is 0.286. The summed E-state index contributed by atoms with van der Waals surface area (Å²) in [6.45, 7) is 1.91. The van der Waals surface area contributed by atoms with Gasteiger partial charge in [0.15, 0.2) is 0 Å². The first-order valence-electron chi connectivity index (χ1n) is 3.17. The van der Waals surface area contributed by atoms with E-state index >= 15 is 0 Å². The van der Waals surface area contributed by atoms with Gasteiger partial charge in [-0.2, -0.15) is 0 Å². The van der Waals surface area contributed by atoms with Crippen LogP contribution in [-0.4, -0.2) is 17.3 Å². The molecule has 0 amide bonds. The van der Waals surface area contributed by atoms with Crippen molar-refractivity contribution in [2.45, 2.75) is 6.92 Å². The first-order chi connectivity index (χ1) is 5.79. The molecule has 0 aliphatic rings. The highest BCUT2D eigenvalue weighted by Crippen LogP contribution is 2.17. The molecule has 5 heteroatoms. The molecule has 0 aliphatic heterocycles. The zero-order valence-corrected chi connectivity index (χ0v) is 9.62. The van der Waals surface area contributed by atoms with Crippen LogP contribution in [0.1, 0.15) is 11.3 Å². The number of aryl methyl sites for hydroxylation is 1. The molecule has 64 valence electrons. The monoisotopic (exact) mass is 294 g/mol. The normalized spacial score (nSPS) is 8.92. The van der Waals surface area contributed by atoms with Gasteiger partial charge < -0.3 is 4.74 Å². The lowest BCUT2D eigenvalue weighted by Crippen LogP contribution is -1.85. The Morgan fingerprint density at radius 2 is 2.42 bits per heavy atom. The molecule has 12 heavy (non-hydrogen) atoms. The summed E-state index contributed by atoms with van der Waals surface area (Å²) < 4.78 is 5.01. The van der Waals surface area contributed by atoms with E-state index in [1.165, 1.54) is 8.93 Å². The highest BCUT2D eigenvalue weighted by molar-refractivity contribution is 14.2. The largest absolute Gasteiger partial charge is 0.479 e. The van der Waals surface area contributed by atoms with Crippen molar-refractivity contribution in [3.63, 3.8) is 0 Å². The molecule has 1 aromatic rings. The second-order valence-electron chi connectivity index (χ2n) is 2.04. The van der Waals surface area contributed by atoms with Gasteiger partial charge in [0.2, 0.25) is 5.88 Å². The lowest BCUT2D eigenvalue weighted by Gasteiger charge is -1.91. The number of aromatic nitrogens is 2. The molecule has 0 aliphatic carbocycles. The SMILES string of the molecule is COc1n[nH]c(C)c1C#CSI. The minimum atomic E-state index is 0.561. The highest BCUT2D eigenvalue weighted by atomic mass is 127. The van der Waals surface area contributed by atoms with Crippen LogP contribution in [0.3, 0.4) is 0 Å². The Morgan fingerprint density at radius 1 is 1.67 bits per heavy atom. The van der Waals surface area contributed by atoms with Gasteiger partial charge in [0.25, 0.3) is 0 Å². The van der Waals surface area contributed by atoms with Crippen LogP contribution in [0.2, 0.25) is 0 Å². The van der Waals surface area contributed by atoms with Crippen LogP contribution in [0.5, 0.6) is 5.88 Å². The summed E-state index contributed by atoms with van der Waals surface area (Å²) in [5.74, 6) is 3.51. The van der Waals surface area contributed by atoms with Crippen molar-refractivity contribution in [2.75, 3.05) is 7.11 Å². The van der Waals surface area contributed by atoms with Gasteiger partial charge in [-0.15, -0.1) is 5.10 Å². The first-order valence-corrected chi connectivity index (χ1v) is 6.53. The molecular formula is C7H7IN2OS. The van der Waals surface area contributed by atoms with E-state index in [9.17, 15) is 0 Å². The zero-order valence-electron chi connectivity index (χ0n) is 6.64. The fourth-order valence-corrected chi connectivity index (χ4v) is 1.24. The van der Waals surface area contributed by atoms with Crippen molar-refractivity contribution in [3.8, 4) is 17.1 Å². The summed E-state index contributed by atoms with van der Waals surface area (Å²) in [4.78, 5) is 0. The summed E-state index contributed by atoms with van der Waals surface area (Å²) in [5, 5.41) is 9.61. The summed E-state index contributed by atoms with van der Waals surface area (Å²) in [5.41, 5.74) is 1.77. The Hall–Kier alpha value is -0.350. The Morgan fingerprint density at radius 3 is 3.00 bits per heavy atom. The van der Waals surface area contributed by atoms with Crippen LogP contribution in [-0.2, 0) is 0 Å². The summed E-state index contributed by atoms with van der Waals surface area (Å²) >= 11 is 2.12.